The number of rotatable bonds is 8. The summed E-state index contributed by atoms with van der Waals surface area (Å²) < 4.78 is 17.4. The first-order chi connectivity index (χ1) is 15.7. The van der Waals surface area contributed by atoms with E-state index in [9.17, 15) is 9.59 Å². The van der Waals surface area contributed by atoms with Crippen molar-refractivity contribution in [1.29, 1.82) is 0 Å². The maximum atomic E-state index is 13.1. The molecule has 0 bridgehead atoms. The predicted octanol–water partition coefficient (Wildman–Crippen LogP) is 2.38. The van der Waals surface area contributed by atoms with Gasteiger partial charge in [-0.3, -0.25) is 9.59 Å². The molecule has 1 spiro atoms. The summed E-state index contributed by atoms with van der Waals surface area (Å²) in [7, 11) is 0. The summed E-state index contributed by atoms with van der Waals surface area (Å²) in [5.74, 6) is 0.816. The van der Waals surface area contributed by atoms with E-state index < -0.39 is 0 Å². The molecule has 1 atom stereocenters. The van der Waals surface area contributed by atoms with Gasteiger partial charge in [0.2, 0.25) is 5.91 Å². The molecule has 1 aliphatic carbocycles. The molecule has 4 aliphatic rings. The van der Waals surface area contributed by atoms with Gasteiger partial charge in [0.25, 0.3) is 5.91 Å². The molecule has 1 aromatic carbocycles. The first kappa shape index (κ1) is 21.9. The van der Waals surface area contributed by atoms with Crippen LogP contribution < -0.4 is 0 Å². The third kappa shape index (κ3) is 4.43. The Morgan fingerprint density at radius 1 is 1.06 bits per heavy atom. The molecule has 7 nitrogen and oxygen atoms in total. The number of β-lactam (4-membered cyclic amide) rings is 1. The van der Waals surface area contributed by atoms with Crippen molar-refractivity contribution >= 4 is 11.8 Å². The van der Waals surface area contributed by atoms with Crippen molar-refractivity contribution in [3.63, 3.8) is 0 Å². The topological polar surface area (TPSA) is 68.3 Å². The highest BCUT2D eigenvalue weighted by molar-refractivity contribution is 5.91. The lowest BCUT2D eigenvalue weighted by Gasteiger charge is -2.62. The van der Waals surface area contributed by atoms with Crippen LogP contribution in [0.4, 0.5) is 0 Å². The Morgan fingerprint density at radius 3 is 2.47 bits per heavy atom. The highest BCUT2D eigenvalue weighted by Gasteiger charge is 2.63. The van der Waals surface area contributed by atoms with E-state index >= 15 is 0 Å². The van der Waals surface area contributed by atoms with Crippen molar-refractivity contribution in [2.45, 2.75) is 62.8 Å². The normalized spacial score (nSPS) is 25.8. The molecule has 0 aromatic heterocycles. The molecule has 1 unspecified atom stereocenters. The van der Waals surface area contributed by atoms with E-state index in [4.69, 9.17) is 14.2 Å². The van der Waals surface area contributed by atoms with Crippen LogP contribution in [0, 0.1) is 5.92 Å². The van der Waals surface area contributed by atoms with Crippen molar-refractivity contribution in [2.75, 3.05) is 39.5 Å². The molecule has 7 heteroatoms. The summed E-state index contributed by atoms with van der Waals surface area (Å²) >= 11 is 0. The van der Waals surface area contributed by atoms with Gasteiger partial charge in [0.15, 0.2) is 6.10 Å². The predicted molar refractivity (Wildman–Crippen MR) is 118 cm³/mol. The van der Waals surface area contributed by atoms with E-state index in [1.54, 1.807) is 0 Å². The molecule has 4 fully saturated rings. The molecule has 5 rings (SSSR count). The van der Waals surface area contributed by atoms with E-state index in [0.29, 0.717) is 45.4 Å². The fourth-order valence-corrected chi connectivity index (χ4v) is 5.45. The third-order valence-corrected chi connectivity index (χ3v) is 7.50. The summed E-state index contributed by atoms with van der Waals surface area (Å²) in [6.07, 6.45) is 5.46. The van der Waals surface area contributed by atoms with Crippen molar-refractivity contribution in [2.24, 2.45) is 5.92 Å². The van der Waals surface area contributed by atoms with Crippen LogP contribution in [-0.4, -0.2) is 78.8 Å². The number of likely N-dealkylation sites (tertiary alicyclic amines) is 2. The Labute approximate surface area is 190 Å². The summed E-state index contributed by atoms with van der Waals surface area (Å²) in [4.78, 5) is 29.7. The number of nitrogens with zero attached hydrogens (tertiary/aromatic N) is 2. The average Bonchev–Trinajstić information content (AvgIpc) is 3.65. The monoisotopic (exact) mass is 442 g/mol. The van der Waals surface area contributed by atoms with Crippen LogP contribution in [0.2, 0.25) is 0 Å². The lowest BCUT2D eigenvalue weighted by molar-refractivity contribution is -0.219. The lowest BCUT2D eigenvalue weighted by Crippen LogP contribution is -2.79. The van der Waals surface area contributed by atoms with Crippen LogP contribution >= 0.6 is 0 Å². The van der Waals surface area contributed by atoms with Crippen LogP contribution in [0.15, 0.2) is 30.3 Å². The van der Waals surface area contributed by atoms with E-state index in [1.807, 2.05) is 35.2 Å². The number of piperidine rings is 1. The highest BCUT2D eigenvalue weighted by atomic mass is 16.5. The molecule has 3 saturated heterocycles. The van der Waals surface area contributed by atoms with Gasteiger partial charge in [-0.25, -0.2) is 0 Å². The third-order valence-electron chi connectivity index (χ3n) is 7.50. The van der Waals surface area contributed by atoms with Crippen LogP contribution in [0.1, 0.15) is 44.1 Å². The maximum Gasteiger partial charge on any atom is 0.254 e. The number of hydrogen-bond donors (Lipinski definition) is 0. The molecule has 0 radical (unpaired) electrons. The molecule has 1 aromatic rings. The lowest BCUT2D eigenvalue weighted by atomic mass is 9.72. The first-order valence-corrected chi connectivity index (χ1v) is 12.1. The number of ether oxygens (including phenoxy) is 3. The number of amides is 2. The van der Waals surface area contributed by atoms with Crippen molar-refractivity contribution in [3.8, 4) is 0 Å². The summed E-state index contributed by atoms with van der Waals surface area (Å²) in [5, 5.41) is 0. The minimum atomic E-state index is -0.307. The van der Waals surface area contributed by atoms with E-state index in [1.165, 1.54) is 12.8 Å². The molecule has 2 amide bonds. The minimum absolute atomic E-state index is 0.0285. The van der Waals surface area contributed by atoms with Gasteiger partial charge in [0, 0.05) is 32.3 Å². The van der Waals surface area contributed by atoms with Crippen LogP contribution in [0.5, 0.6) is 0 Å². The average molecular weight is 443 g/mol. The second-order valence-electron chi connectivity index (χ2n) is 9.67. The molecule has 0 N–H and O–H groups in total. The number of carbonyl (C=O) groups excluding carboxylic acids is 2. The van der Waals surface area contributed by atoms with E-state index in [0.717, 1.165) is 31.2 Å². The van der Waals surface area contributed by atoms with Crippen molar-refractivity contribution < 1.29 is 23.8 Å². The molecule has 32 heavy (non-hydrogen) atoms. The molecular weight excluding hydrogens is 408 g/mol. The number of carbonyl (C=O) groups is 2. The standard InChI is InChI=1S/C25H34N2O5/c28-22(18-31-16-19-4-2-1-3-5-19)26-12-8-21(9-13-26)27-24(29)23(32-17-20-6-7-20)25(27)10-14-30-15-11-25/h1-5,20-21,23H,6-18H2. The van der Waals surface area contributed by atoms with E-state index in [2.05, 4.69) is 4.90 Å². The van der Waals surface area contributed by atoms with Gasteiger partial charge in [-0.2, -0.15) is 0 Å². The molecule has 1 saturated carbocycles. The molecular formula is C25H34N2O5. The molecule has 174 valence electrons. The van der Waals surface area contributed by atoms with Gasteiger partial charge in [-0.15, -0.1) is 0 Å². The van der Waals surface area contributed by atoms with Crippen LogP contribution in [0.25, 0.3) is 0 Å². The SMILES string of the molecule is O=C(COCc1ccccc1)N1CCC(N2C(=O)C(OCC3CC3)C23CCOCC3)CC1. The zero-order valence-electron chi connectivity index (χ0n) is 18.7. The first-order valence-electron chi connectivity index (χ1n) is 12.1. The summed E-state index contributed by atoms with van der Waals surface area (Å²) in [6, 6.07) is 10.1. The minimum Gasteiger partial charge on any atom is -0.381 e. The maximum absolute atomic E-state index is 13.1. The van der Waals surface area contributed by atoms with Gasteiger partial charge in [-0.05, 0) is 50.0 Å². The molecule has 3 aliphatic heterocycles. The highest BCUT2D eigenvalue weighted by Crippen LogP contribution is 2.46. The van der Waals surface area contributed by atoms with Gasteiger partial charge in [-0.1, -0.05) is 30.3 Å². The Balaban J connectivity index is 1.13. The summed E-state index contributed by atoms with van der Waals surface area (Å²) in [5.41, 5.74) is 0.857. The zero-order valence-corrected chi connectivity index (χ0v) is 18.7. The fourth-order valence-electron chi connectivity index (χ4n) is 5.45. The Morgan fingerprint density at radius 2 is 1.78 bits per heavy atom. The summed E-state index contributed by atoms with van der Waals surface area (Å²) in [6.45, 7) is 3.96. The smallest absolute Gasteiger partial charge is 0.254 e. The number of benzene rings is 1. The van der Waals surface area contributed by atoms with Crippen molar-refractivity contribution in [3.05, 3.63) is 35.9 Å². The van der Waals surface area contributed by atoms with Gasteiger partial charge >= 0.3 is 0 Å². The Hall–Kier alpha value is -1.96. The van der Waals surface area contributed by atoms with Crippen LogP contribution in [0.3, 0.4) is 0 Å². The van der Waals surface area contributed by atoms with Crippen LogP contribution in [-0.2, 0) is 30.4 Å². The number of hydrogen-bond acceptors (Lipinski definition) is 5. The Kier molecular flexibility index (Phi) is 6.49. The molecule has 3 heterocycles. The van der Waals surface area contributed by atoms with Gasteiger partial charge < -0.3 is 24.0 Å². The largest absolute Gasteiger partial charge is 0.381 e. The van der Waals surface area contributed by atoms with Crippen molar-refractivity contribution in [1.82, 2.24) is 9.80 Å². The van der Waals surface area contributed by atoms with Gasteiger partial charge in [0.05, 0.1) is 18.8 Å². The quantitative estimate of drug-likeness (QED) is 0.579. The van der Waals surface area contributed by atoms with E-state index in [-0.39, 0.29) is 36.1 Å². The van der Waals surface area contributed by atoms with Gasteiger partial charge in [0.1, 0.15) is 6.61 Å². The second kappa shape index (κ2) is 9.49. The fraction of sp³-hybridized carbons (Fsp3) is 0.680. The second-order valence-corrected chi connectivity index (χ2v) is 9.67. The Bertz CT molecular complexity index is 798. The zero-order chi connectivity index (χ0) is 22.0.